The molecule has 1 aliphatic heterocycles. The van der Waals surface area contributed by atoms with E-state index in [-0.39, 0.29) is 32.0 Å². The third kappa shape index (κ3) is 28.3. The SMILES string of the molecule is CCCCC/C=C/C/C=C/CCCCCCCCCCCC(=O)O[C@H](COC(=O)CCCCCCCCCCCCC)CO[C@@H]1O[C@H](CO)[C@H](O)C(O)C1O. The molecule has 0 saturated carbocycles. The predicted molar refractivity (Wildman–Crippen MR) is 219 cm³/mol. The predicted octanol–water partition coefficient (Wildman–Crippen LogP) is 9.33. The molecular formula is C45H82O10. The van der Waals surface area contributed by atoms with E-state index in [4.69, 9.17) is 18.9 Å². The Bertz CT molecular complexity index is 954. The summed E-state index contributed by atoms with van der Waals surface area (Å²) >= 11 is 0. The summed E-state index contributed by atoms with van der Waals surface area (Å²) in [6.07, 6.45) is 31.8. The first-order valence-corrected chi connectivity index (χ1v) is 22.4. The van der Waals surface area contributed by atoms with Gasteiger partial charge in [0.25, 0.3) is 0 Å². The largest absolute Gasteiger partial charge is 0.462 e. The molecule has 1 heterocycles. The molecule has 1 aliphatic rings. The molecule has 0 aliphatic carbocycles. The average molecular weight is 783 g/mol. The molecule has 0 spiro atoms. The first-order valence-electron chi connectivity index (χ1n) is 22.4. The van der Waals surface area contributed by atoms with Crippen LogP contribution in [0.4, 0.5) is 0 Å². The molecule has 4 N–H and O–H groups in total. The molecular weight excluding hydrogens is 700 g/mol. The third-order valence-electron chi connectivity index (χ3n) is 10.3. The molecule has 0 radical (unpaired) electrons. The lowest BCUT2D eigenvalue weighted by molar-refractivity contribution is -0.305. The summed E-state index contributed by atoms with van der Waals surface area (Å²) in [6, 6.07) is 0. The molecule has 10 heteroatoms. The average Bonchev–Trinajstić information content (AvgIpc) is 3.18. The lowest BCUT2D eigenvalue weighted by Crippen LogP contribution is -2.59. The summed E-state index contributed by atoms with van der Waals surface area (Å²) in [5, 5.41) is 40.0. The number of hydrogen-bond donors (Lipinski definition) is 4. The smallest absolute Gasteiger partial charge is 0.306 e. The van der Waals surface area contributed by atoms with Crippen molar-refractivity contribution in [1.82, 2.24) is 0 Å². The van der Waals surface area contributed by atoms with Crippen molar-refractivity contribution in [2.75, 3.05) is 19.8 Å². The standard InChI is InChI=1S/C45H82O10/c1-3-5-7-9-11-13-15-16-17-18-19-20-21-22-24-26-28-30-32-34-41(48)54-38(37-53-45-44(51)43(50)42(49)39(35-46)55-45)36-52-40(47)33-31-29-27-25-23-14-12-10-8-6-4-2/h11,13,16-17,38-39,42-46,49-51H,3-10,12,14-15,18-37H2,1-2H3/b13-11+,17-16+/t38-,39-,42+,43?,44?,45-/m1/s1. The highest BCUT2D eigenvalue weighted by atomic mass is 16.7. The topological polar surface area (TPSA) is 152 Å². The molecule has 55 heavy (non-hydrogen) atoms. The Morgan fingerprint density at radius 3 is 1.55 bits per heavy atom. The molecule has 1 rings (SSSR count). The Hall–Kier alpha value is -1.82. The molecule has 10 nitrogen and oxygen atoms in total. The summed E-state index contributed by atoms with van der Waals surface area (Å²) in [5.74, 6) is -0.807. The van der Waals surface area contributed by atoms with Crippen LogP contribution >= 0.6 is 0 Å². The van der Waals surface area contributed by atoms with Crippen LogP contribution in [0.3, 0.4) is 0 Å². The van der Waals surface area contributed by atoms with E-state index in [2.05, 4.69) is 38.2 Å². The zero-order valence-corrected chi connectivity index (χ0v) is 34.9. The minimum Gasteiger partial charge on any atom is -0.462 e. The number of carbonyl (C=O) groups excluding carboxylic acids is 2. The van der Waals surface area contributed by atoms with Gasteiger partial charge in [0.15, 0.2) is 12.4 Å². The minimum atomic E-state index is -1.59. The lowest BCUT2D eigenvalue weighted by atomic mass is 9.99. The van der Waals surface area contributed by atoms with Crippen molar-refractivity contribution in [2.45, 2.75) is 230 Å². The van der Waals surface area contributed by atoms with Gasteiger partial charge in [-0.1, -0.05) is 160 Å². The fraction of sp³-hybridized carbons (Fsp3) is 0.867. The van der Waals surface area contributed by atoms with E-state index in [0.29, 0.717) is 6.42 Å². The molecule has 1 saturated heterocycles. The van der Waals surface area contributed by atoms with Crippen molar-refractivity contribution in [3.8, 4) is 0 Å². The molecule has 0 bridgehead atoms. The van der Waals surface area contributed by atoms with Crippen LogP contribution in [0, 0.1) is 0 Å². The Morgan fingerprint density at radius 2 is 1.02 bits per heavy atom. The van der Waals surface area contributed by atoms with E-state index in [9.17, 15) is 30.0 Å². The van der Waals surface area contributed by atoms with Gasteiger partial charge in [-0.25, -0.2) is 0 Å². The van der Waals surface area contributed by atoms with E-state index >= 15 is 0 Å². The summed E-state index contributed by atoms with van der Waals surface area (Å²) in [4.78, 5) is 25.3. The lowest BCUT2D eigenvalue weighted by Gasteiger charge is -2.39. The second kappa shape index (κ2) is 36.5. The van der Waals surface area contributed by atoms with Gasteiger partial charge in [0, 0.05) is 12.8 Å². The molecule has 2 unspecified atom stereocenters. The molecule has 0 amide bonds. The fourth-order valence-electron chi connectivity index (χ4n) is 6.75. The maximum atomic E-state index is 12.8. The van der Waals surface area contributed by atoms with Gasteiger partial charge in [-0.05, 0) is 44.9 Å². The van der Waals surface area contributed by atoms with Crippen LogP contribution in [0.25, 0.3) is 0 Å². The van der Waals surface area contributed by atoms with Crippen LogP contribution in [-0.4, -0.2) is 89.0 Å². The van der Waals surface area contributed by atoms with E-state index < -0.39 is 49.4 Å². The maximum absolute atomic E-state index is 12.8. The Morgan fingerprint density at radius 1 is 0.564 bits per heavy atom. The molecule has 0 aromatic rings. The van der Waals surface area contributed by atoms with Gasteiger partial charge < -0.3 is 39.4 Å². The molecule has 0 aromatic heterocycles. The van der Waals surface area contributed by atoms with E-state index in [1.54, 1.807) is 0 Å². The normalized spacial score (nSPS) is 20.7. The Kier molecular flexibility index (Phi) is 34.0. The first-order chi connectivity index (χ1) is 26.8. The zero-order valence-electron chi connectivity index (χ0n) is 34.9. The molecule has 1 fully saturated rings. The van der Waals surface area contributed by atoms with Crippen LogP contribution in [0.2, 0.25) is 0 Å². The van der Waals surface area contributed by atoms with Crippen LogP contribution in [-0.2, 0) is 28.5 Å². The van der Waals surface area contributed by atoms with Crippen molar-refractivity contribution in [3.05, 3.63) is 24.3 Å². The van der Waals surface area contributed by atoms with Crippen LogP contribution in [0.15, 0.2) is 24.3 Å². The Labute approximate surface area is 334 Å². The second-order valence-electron chi connectivity index (χ2n) is 15.5. The highest BCUT2D eigenvalue weighted by Gasteiger charge is 2.44. The number of aliphatic hydroxyl groups is 4. The number of rotatable bonds is 37. The van der Waals surface area contributed by atoms with Gasteiger partial charge in [-0.3, -0.25) is 9.59 Å². The van der Waals surface area contributed by atoms with E-state index in [1.807, 2.05) is 0 Å². The van der Waals surface area contributed by atoms with E-state index in [0.717, 1.165) is 51.4 Å². The van der Waals surface area contributed by atoms with Crippen molar-refractivity contribution in [2.24, 2.45) is 0 Å². The van der Waals surface area contributed by atoms with Gasteiger partial charge in [0.05, 0.1) is 13.2 Å². The summed E-state index contributed by atoms with van der Waals surface area (Å²) in [7, 11) is 0. The quantitative estimate of drug-likeness (QED) is 0.0273. The van der Waals surface area contributed by atoms with Crippen LogP contribution < -0.4 is 0 Å². The monoisotopic (exact) mass is 783 g/mol. The maximum Gasteiger partial charge on any atom is 0.306 e. The number of hydrogen-bond acceptors (Lipinski definition) is 10. The number of esters is 2. The summed E-state index contributed by atoms with van der Waals surface area (Å²) in [6.45, 7) is 3.39. The molecule has 0 aromatic carbocycles. The van der Waals surface area contributed by atoms with Gasteiger partial charge in [0.1, 0.15) is 31.0 Å². The number of ether oxygens (including phenoxy) is 4. The number of aliphatic hydroxyl groups excluding tert-OH is 4. The van der Waals surface area contributed by atoms with Gasteiger partial charge in [0.2, 0.25) is 0 Å². The zero-order chi connectivity index (χ0) is 40.2. The van der Waals surface area contributed by atoms with Gasteiger partial charge in [-0.2, -0.15) is 0 Å². The molecule has 322 valence electrons. The number of allylic oxidation sites excluding steroid dienone is 4. The molecule has 6 atom stereocenters. The first kappa shape index (κ1) is 51.2. The second-order valence-corrected chi connectivity index (χ2v) is 15.5. The highest BCUT2D eigenvalue weighted by Crippen LogP contribution is 2.23. The van der Waals surface area contributed by atoms with Gasteiger partial charge >= 0.3 is 11.9 Å². The number of carbonyl (C=O) groups is 2. The third-order valence-corrected chi connectivity index (χ3v) is 10.3. The fourth-order valence-corrected chi connectivity index (χ4v) is 6.75. The van der Waals surface area contributed by atoms with Gasteiger partial charge in [-0.15, -0.1) is 0 Å². The summed E-state index contributed by atoms with van der Waals surface area (Å²) in [5.41, 5.74) is 0. The van der Waals surface area contributed by atoms with Crippen molar-refractivity contribution < 1.29 is 49.0 Å². The summed E-state index contributed by atoms with van der Waals surface area (Å²) < 4.78 is 22.1. The Balaban J connectivity index is 2.31. The van der Waals surface area contributed by atoms with Crippen molar-refractivity contribution >= 4 is 11.9 Å². The van der Waals surface area contributed by atoms with E-state index in [1.165, 1.54) is 109 Å². The number of unbranched alkanes of at least 4 members (excludes halogenated alkanes) is 22. The van der Waals surface area contributed by atoms with Crippen LogP contribution in [0.1, 0.15) is 194 Å². The minimum absolute atomic E-state index is 0.215. The van der Waals surface area contributed by atoms with Crippen molar-refractivity contribution in [3.63, 3.8) is 0 Å². The van der Waals surface area contributed by atoms with Crippen LogP contribution in [0.5, 0.6) is 0 Å². The van der Waals surface area contributed by atoms with Crippen molar-refractivity contribution in [1.29, 1.82) is 0 Å². The highest BCUT2D eigenvalue weighted by molar-refractivity contribution is 5.70.